The van der Waals surface area contributed by atoms with Crippen LogP contribution >= 0.6 is 0 Å². The van der Waals surface area contributed by atoms with Gasteiger partial charge in [-0.3, -0.25) is 0 Å². The van der Waals surface area contributed by atoms with Gasteiger partial charge in [-0.15, -0.1) is 0 Å². The fraction of sp³-hybridized carbons (Fsp3) is 0.200. The van der Waals surface area contributed by atoms with Gasteiger partial charge in [0.1, 0.15) is 5.75 Å². The maximum Gasteiger partial charge on any atom is 0.363 e. The first-order chi connectivity index (χ1) is 13.3. The summed E-state index contributed by atoms with van der Waals surface area (Å²) in [5.41, 5.74) is 1.32. The van der Waals surface area contributed by atoms with Crippen molar-refractivity contribution in [1.29, 1.82) is 0 Å². The van der Waals surface area contributed by atoms with Crippen molar-refractivity contribution >= 4 is 28.0 Å². The lowest BCUT2D eigenvalue weighted by Crippen LogP contribution is -2.22. The van der Waals surface area contributed by atoms with Gasteiger partial charge in [0, 0.05) is 19.7 Å². The molecule has 146 valence electrons. The van der Waals surface area contributed by atoms with Gasteiger partial charge in [-0.1, -0.05) is 18.2 Å². The van der Waals surface area contributed by atoms with Crippen molar-refractivity contribution < 1.29 is 22.7 Å². The number of aliphatic imine (C=N–C) groups is 1. The lowest BCUT2D eigenvalue weighted by molar-refractivity contribution is -0.129. The Morgan fingerprint density at radius 3 is 2.50 bits per heavy atom. The van der Waals surface area contributed by atoms with Crippen molar-refractivity contribution in [2.45, 2.75) is 11.8 Å². The standard InChI is InChI=1S/C20H20N2O5S/c1-4-26-16-10-8-14(9-11-16)12-18-20(23)27-19(21-18)15-6-5-7-17(13-15)28(24,25)22(2)3/h5-13H,4H2,1-3H3. The number of cyclic esters (lactones) is 1. The van der Waals surface area contributed by atoms with Gasteiger partial charge in [0.25, 0.3) is 0 Å². The SMILES string of the molecule is CCOc1ccc(C=C2N=C(c3cccc(S(=O)(=O)N(C)C)c3)OC2=O)cc1. The van der Waals surface area contributed by atoms with Crippen LogP contribution in [-0.2, 0) is 19.6 Å². The van der Waals surface area contributed by atoms with Crippen LogP contribution in [0, 0.1) is 0 Å². The van der Waals surface area contributed by atoms with Crippen molar-refractivity contribution in [1.82, 2.24) is 4.31 Å². The van der Waals surface area contributed by atoms with E-state index in [1.54, 1.807) is 30.3 Å². The molecule has 2 aromatic carbocycles. The largest absolute Gasteiger partial charge is 0.494 e. The van der Waals surface area contributed by atoms with Crippen LogP contribution in [0.2, 0.25) is 0 Å². The number of benzene rings is 2. The number of ether oxygens (including phenoxy) is 2. The maximum atomic E-state index is 12.3. The molecule has 0 radical (unpaired) electrons. The van der Waals surface area contributed by atoms with E-state index in [2.05, 4.69) is 4.99 Å². The lowest BCUT2D eigenvalue weighted by atomic mass is 10.2. The first kappa shape index (κ1) is 19.8. The molecule has 0 aliphatic carbocycles. The molecule has 0 saturated heterocycles. The zero-order valence-corrected chi connectivity index (χ0v) is 16.6. The Bertz CT molecular complexity index is 1050. The Labute approximate surface area is 164 Å². The van der Waals surface area contributed by atoms with Crippen LogP contribution in [0.5, 0.6) is 5.75 Å². The van der Waals surface area contributed by atoms with Crippen molar-refractivity contribution in [3.05, 3.63) is 65.4 Å². The Morgan fingerprint density at radius 2 is 1.86 bits per heavy atom. The summed E-state index contributed by atoms with van der Waals surface area (Å²) < 4.78 is 36.3. The van der Waals surface area contributed by atoms with E-state index in [1.807, 2.05) is 19.1 Å². The maximum absolute atomic E-state index is 12.3. The van der Waals surface area contributed by atoms with Crippen LogP contribution in [0.15, 0.2) is 64.1 Å². The summed E-state index contributed by atoms with van der Waals surface area (Å²) in [6.07, 6.45) is 1.60. The molecule has 3 rings (SSSR count). The smallest absolute Gasteiger partial charge is 0.363 e. The van der Waals surface area contributed by atoms with Crippen LogP contribution in [0.25, 0.3) is 6.08 Å². The molecule has 2 aromatic rings. The Morgan fingerprint density at radius 1 is 1.14 bits per heavy atom. The molecule has 28 heavy (non-hydrogen) atoms. The summed E-state index contributed by atoms with van der Waals surface area (Å²) in [5.74, 6) is 0.213. The van der Waals surface area contributed by atoms with Crippen LogP contribution < -0.4 is 4.74 Å². The van der Waals surface area contributed by atoms with Gasteiger partial charge >= 0.3 is 5.97 Å². The molecule has 0 fully saturated rings. The summed E-state index contributed by atoms with van der Waals surface area (Å²) in [6, 6.07) is 13.4. The minimum absolute atomic E-state index is 0.0676. The zero-order valence-electron chi connectivity index (χ0n) is 15.7. The second-order valence-electron chi connectivity index (χ2n) is 6.15. The third kappa shape index (κ3) is 4.13. The predicted octanol–water partition coefficient (Wildman–Crippen LogP) is 2.68. The van der Waals surface area contributed by atoms with Gasteiger partial charge in [-0.2, -0.15) is 0 Å². The van der Waals surface area contributed by atoms with Gasteiger partial charge < -0.3 is 9.47 Å². The molecule has 1 aliphatic heterocycles. The summed E-state index contributed by atoms with van der Waals surface area (Å²) in [6.45, 7) is 2.47. The second-order valence-corrected chi connectivity index (χ2v) is 8.31. The molecule has 8 heteroatoms. The molecule has 0 amide bonds. The molecule has 0 atom stereocenters. The zero-order chi connectivity index (χ0) is 20.3. The highest BCUT2D eigenvalue weighted by molar-refractivity contribution is 7.89. The van der Waals surface area contributed by atoms with Crippen LogP contribution in [0.1, 0.15) is 18.1 Å². The highest BCUT2D eigenvalue weighted by Crippen LogP contribution is 2.22. The normalized spacial score (nSPS) is 15.6. The fourth-order valence-electron chi connectivity index (χ4n) is 2.52. The van der Waals surface area contributed by atoms with Gasteiger partial charge in [0.2, 0.25) is 15.9 Å². The summed E-state index contributed by atoms with van der Waals surface area (Å²) in [4.78, 5) is 16.5. The predicted molar refractivity (Wildman–Crippen MR) is 106 cm³/mol. The number of sulfonamides is 1. The number of carbonyl (C=O) groups is 1. The Balaban J connectivity index is 1.90. The molecule has 0 saturated carbocycles. The molecule has 1 heterocycles. The van der Waals surface area contributed by atoms with Gasteiger partial charge in [-0.25, -0.2) is 22.5 Å². The van der Waals surface area contributed by atoms with E-state index in [0.717, 1.165) is 15.6 Å². The molecular weight excluding hydrogens is 380 g/mol. The lowest BCUT2D eigenvalue weighted by Gasteiger charge is -2.11. The monoisotopic (exact) mass is 400 g/mol. The molecule has 7 nitrogen and oxygen atoms in total. The first-order valence-electron chi connectivity index (χ1n) is 8.59. The van der Waals surface area contributed by atoms with Crippen molar-refractivity contribution in [3.63, 3.8) is 0 Å². The molecule has 1 aliphatic rings. The highest BCUT2D eigenvalue weighted by Gasteiger charge is 2.26. The first-order valence-corrected chi connectivity index (χ1v) is 10.0. The molecule has 0 N–H and O–H groups in total. The number of esters is 1. The Kier molecular flexibility index (Phi) is 5.62. The fourth-order valence-corrected chi connectivity index (χ4v) is 3.47. The van der Waals surface area contributed by atoms with E-state index in [4.69, 9.17) is 9.47 Å². The van der Waals surface area contributed by atoms with E-state index >= 15 is 0 Å². The van der Waals surface area contributed by atoms with E-state index in [-0.39, 0.29) is 16.5 Å². The number of hydrogen-bond donors (Lipinski definition) is 0. The molecular formula is C20H20N2O5S. The third-order valence-electron chi connectivity index (χ3n) is 3.97. The Hall–Kier alpha value is -2.97. The second kappa shape index (κ2) is 7.95. The van der Waals surface area contributed by atoms with Crippen molar-refractivity contribution in [2.75, 3.05) is 20.7 Å². The number of hydrogen-bond acceptors (Lipinski definition) is 6. The minimum atomic E-state index is -3.60. The molecule has 0 unspecified atom stereocenters. The van der Waals surface area contributed by atoms with E-state index in [1.165, 1.54) is 26.2 Å². The van der Waals surface area contributed by atoms with E-state index in [9.17, 15) is 13.2 Å². The topological polar surface area (TPSA) is 85.3 Å². The third-order valence-corrected chi connectivity index (χ3v) is 5.79. The van der Waals surface area contributed by atoms with E-state index in [0.29, 0.717) is 12.2 Å². The summed E-state index contributed by atoms with van der Waals surface area (Å²) >= 11 is 0. The molecule has 0 bridgehead atoms. The highest BCUT2D eigenvalue weighted by atomic mass is 32.2. The number of rotatable bonds is 6. The average molecular weight is 400 g/mol. The van der Waals surface area contributed by atoms with Gasteiger partial charge in [-0.05, 0) is 48.9 Å². The summed E-state index contributed by atoms with van der Waals surface area (Å²) in [5, 5.41) is 0. The van der Waals surface area contributed by atoms with Crippen LogP contribution in [0.3, 0.4) is 0 Å². The van der Waals surface area contributed by atoms with Gasteiger partial charge in [0.05, 0.1) is 11.5 Å². The quantitative estimate of drug-likeness (QED) is 0.550. The summed E-state index contributed by atoms with van der Waals surface area (Å²) in [7, 11) is -0.700. The minimum Gasteiger partial charge on any atom is -0.494 e. The van der Waals surface area contributed by atoms with Crippen molar-refractivity contribution in [2.24, 2.45) is 4.99 Å². The van der Waals surface area contributed by atoms with Crippen LogP contribution in [-0.4, -0.2) is 45.3 Å². The molecule has 0 aromatic heterocycles. The van der Waals surface area contributed by atoms with Crippen molar-refractivity contribution in [3.8, 4) is 5.75 Å². The molecule has 0 spiro atoms. The van der Waals surface area contributed by atoms with Crippen LogP contribution in [0.4, 0.5) is 0 Å². The average Bonchev–Trinajstić information content (AvgIpc) is 3.04. The number of carbonyl (C=O) groups excluding carboxylic acids is 1. The van der Waals surface area contributed by atoms with E-state index < -0.39 is 16.0 Å². The number of nitrogens with zero attached hydrogens (tertiary/aromatic N) is 2. The van der Waals surface area contributed by atoms with Gasteiger partial charge in [0.15, 0.2) is 5.70 Å².